The van der Waals surface area contributed by atoms with E-state index in [1.165, 1.54) is 30.5 Å². The van der Waals surface area contributed by atoms with Gasteiger partial charge in [0.15, 0.2) is 0 Å². The molecule has 0 saturated carbocycles. The second-order valence-corrected chi connectivity index (χ2v) is 5.01. The SMILES string of the molecule is O=[N+]([O-])c1cc(Br)cnc1Oc1c(Cl)cccc1[N+](=O)[O-]. The summed E-state index contributed by atoms with van der Waals surface area (Å²) >= 11 is 8.90. The molecule has 1 heterocycles. The first-order chi connectivity index (χ1) is 9.90. The Bertz CT molecular complexity index is 740. The smallest absolute Gasteiger partial charge is 0.332 e. The quantitative estimate of drug-likeness (QED) is 0.588. The highest BCUT2D eigenvalue weighted by atomic mass is 79.9. The van der Waals surface area contributed by atoms with Crippen molar-refractivity contribution in [3.8, 4) is 11.6 Å². The lowest BCUT2D eigenvalue weighted by molar-refractivity contribution is -0.387. The Morgan fingerprint density at radius 1 is 1.19 bits per heavy atom. The summed E-state index contributed by atoms with van der Waals surface area (Å²) < 4.78 is 5.57. The van der Waals surface area contributed by atoms with E-state index < -0.39 is 21.2 Å². The van der Waals surface area contributed by atoms with Gasteiger partial charge in [-0.2, -0.15) is 0 Å². The molecule has 0 N–H and O–H groups in total. The maximum absolute atomic E-state index is 11.0. The van der Waals surface area contributed by atoms with Crippen LogP contribution in [0.5, 0.6) is 11.6 Å². The molecule has 1 aromatic heterocycles. The van der Waals surface area contributed by atoms with E-state index in [1.54, 1.807) is 0 Å². The Morgan fingerprint density at radius 3 is 2.48 bits per heavy atom. The van der Waals surface area contributed by atoms with Crippen molar-refractivity contribution in [1.29, 1.82) is 0 Å². The van der Waals surface area contributed by atoms with Gasteiger partial charge in [0.1, 0.15) is 0 Å². The first-order valence-electron chi connectivity index (χ1n) is 5.31. The van der Waals surface area contributed by atoms with Crippen LogP contribution in [0.4, 0.5) is 11.4 Å². The number of halogens is 2. The number of hydrogen-bond acceptors (Lipinski definition) is 6. The number of para-hydroxylation sites is 1. The zero-order valence-electron chi connectivity index (χ0n) is 10.0. The number of aromatic nitrogens is 1. The van der Waals surface area contributed by atoms with E-state index in [0.29, 0.717) is 4.47 Å². The summed E-state index contributed by atoms with van der Waals surface area (Å²) in [5.74, 6) is -0.693. The van der Waals surface area contributed by atoms with E-state index in [0.717, 1.165) is 0 Å². The van der Waals surface area contributed by atoms with E-state index in [1.807, 2.05) is 0 Å². The van der Waals surface area contributed by atoms with Crippen LogP contribution in [0.2, 0.25) is 5.02 Å². The Hall–Kier alpha value is -2.26. The van der Waals surface area contributed by atoms with Crippen LogP contribution >= 0.6 is 27.5 Å². The summed E-state index contributed by atoms with van der Waals surface area (Å²) in [6, 6.07) is 5.09. The van der Waals surface area contributed by atoms with Gasteiger partial charge in [0.2, 0.25) is 5.75 Å². The fraction of sp³-hybridized carbons (Fsp3) is 0. The lowest BCUT2D eigenvalue weighted by Crippen LogP contribution is -1.99. The molecule has 0 radical (unpaired) electrons. The predicted octanol–water partition coefficient (Wildman–Crippen LogP) is 4.11. The molecular weight excluding hydrogens is 369 g/mol. The van der Waals surface area contributed by atoms with E-state index in [-0.39, 0.29) is 16.7 Å². The Balaban J connectivity index is 2.53. The molecule has 0 aliphatic rings. The number of nitro benzene ring substituents is 1. The van der Waals surface area contributed by atoms with Gasteiger partial charge in [-0.25, -0.2) is 4.98 Å². The fourth-order valence-corrected chi connectivity index (χ4v) is 1.99. The third-order valence-corrected chi connectivity index (χ3v) is 3.07. The molecule has 0 aliphatic heterocycles. The first kappa shape index (κ1) is 15.1. The zero-order chi connectivity index (χ0) is 15.6. The summed E-state index contributed by atoms with van der Waals surface area (Å²) in [4.78, 5) is 24.2. The van der Waals surface area contributed by atoms with E-state index in [9.17, 15) is 20.2 Å². The summed E-state index contributed by atoms with van der Waals surface area (Å²) in [5.41, 5.74) is -0.861. The van der Waals surface area contributed by atoms with Crippen LogP contribution in [0.1, 0.15) is 0 Å². The molecule has 0 spiro atoms. The highest BCUT2D eigenvalue weighted by molar-refractivity contribution is 9.10. The van der Waals surface area contributed by atoms with Crippen LogP contribution < -0.4 is 4.74 Å². The molecule has 10 heteroatoms. The van der Waals surface area contributed by atoms with Crippen LogP contribution in [-0.2, 0) is 0 Å². The largest absolute Gasteiger partial charge is 0.425 e. The second-order valence-electron chi connectivity index (χ2n) is 3.68. The predicted molar refractivity (Wildman–Crippen MR) is 76.8 cm³/mol. The van der Waals surface area contributed by atoms with Crippen molar-refractivity contribution < 1.29 is 14.6 Å². The molecule has 0 unspecified atom stereocenters. The van der Waals surface area contributed by atoms with Crippen LogP contribution in [0, 0.1) is 20.2 Å². The second kappa shape index (κ2) is 6.02. The summed E-state index contributed by atoms with van der Waals surface area (Å²) in [5, 5.41) is 21.9. The third-order valence-electron chi connectivity index (χ3n) is 2.34. The van der Waals surface area contributed by atoms with E-state index in [2.05, 4.69) is 20.9 Å². The summed E-state index contributed by atoms with van der Waals surface area (Å²) in [6.45, 7) is 0. The minimum atomic E-state index is -0.713. The fourth-order valence-electron chi connectivity index (χ4n) is 1.46. The number of hydrogen-bond donors (Lipinski definition) is 0. The summed E-state index contributed by atoms with van der Waals surface area (Å²) in [7, 11) is 0. The average Bonchev–Trinajstić information content (AvgIpc) is 2.42. The van der Waals surface area contributed by atoms with Gasteiger partial charge in [-0.15, -0.1) is 0 Å². The van der Waals surface area contributed by atoms with Crippen LogP contribution in [-0.4, -0.2) is 14.8 Å². The van der Waals surface area contributed by atoms with Crippen LogP contribution in [0.3, 0.4) is 0 Å². The molecule has 8 nitrogen and oxygen atoms in total. The topological polar surface area (TPSA) is 108 Å². The van der Waals surface area contributed by atoms with Crippen molar-refractivity contribution in [2.24, 2.45) is 0 Å². The molecule has 0 atom stereocenters. The molecule has 108 valence electrons. The maximum atomic E-state index is 11.0. The van der Waals surface area contributed by atoms with Crippen LogP contribution in [0.25, 0.3) is 0 Å². The molecule has 1 aromatic carbocycles. The highest BCUT2D eigenvalue weighted by Crippen LogP contribution is 2.40. The Kier molecular flexibility index (Phi) is 4.34. The van der Waals surface area contributed by atoms with Crippen molar-refractivity contribution in [2.75, 3.05) is 0 Å². The number of pyridine rings is 1. The minimum absolute atomic E-state index is 0.0526. The Labute approximate surface area is 130 Å². The van der Waals surface area contributed by atoms with Gasteiger partial charge < -0.3 is 4.74 Å². The molecule has 0 fully saturated rings. The minimum Gasteiger partial charge on any atom is -0.425 e. The molecule has 0 aliphatic carbocycles. The average molecular weight is 375 g/mol. The lowest BCUT2D eigenvalue weighted by atomic mass is 10.3. The normalized spacial score (nSPS) is 10.2. The van der Waals surface area contributed by atoms with Gasteiger partial charge in [-0.3, -0.25) is 20.2 Å². The van der Waals surface area contributed by atoms with Gasteiger partial charge in [0, 0.05) is 22.8 Å². The number of nitro groups is 2. The maximum Gasteiger partial charge on any atom is 0.332 e. The molecule has 2 rings (SSSR count). The molecule has 0 bridgehead atoms. The lowest BCUT2D eigenvalue weighted by Gasteiger charge is -2.07. The van der Waals surface area contributed by atoms with Crippen LogP contribution in [0.15, 0.2) is 34.9 Å². The molecule has 2 aromatic rings. The van der Waals surface area contributed by atoms with Gasteiger partial charge in [0.05, 0.1) is 14.9 Å². The number of ether oxygens (including phenoxy) is 1. The van der Waals surface area contributed by atoms with Gasteiger partial charge in [-0.1, -0.05) is 17.7 Å². The monoisotopic (exact) mass is 373 g/mol. The standard InChI is InChI=1S/C11H5BrClN3O5/c12-6-4-9(16(19)20)11(14-5-6)21-10-7(13)2-1-3-8(10)15(17)18/h1-5H. The van der Waals surface area contributed by atoms with Gasteiger partial charge >= 0.3 is 11.4 Å². The molecule has 21 heavy (non-hydrogen) atoms. The number of benzene rings is 1. The van der Waals surface area contributed by atoms with Crippen molar-refractivity contribution in [3.63, 3.8) is 0 Å². The molecule has 0 saturated heterocycles. The van der Waals surface area contributed by atoms with E-state index >= 15 is 0 Å². The van der Waals surface area contributed by atoms with Gasteiger partial charge in [0.25, 0.3) is 5.88 Å². The first-order valence-corrected chi connectivity index (χ1v) is 6.48. The van der Waals surface area contributed by atoms with Crippen molar-refractivity contribution in [3.05, 3.63) is 60.2 Å². The zero-order valence-corrected chi connectivity index (χ0v) is 12.4. The third kappa shape index (κ3) is 3.26. The van der Waals surface area contributed by atoms with E-state index in [4.69, 9.17) is 16.3 Å². The number of nitrogens with zero attached hydrogens (tertiary/aromatic N) is 3. The number of rotatable bonds is 4. The molecule has 0 amide bonds. The summed E-state index contributed by atoms with van der Waals surface area (Å²) in [6.07, 6.45) is 1.27. The van der Waals surface area contributed by atoms with Gasteiger partial charge in [-0.05, 0) is 22.0 Å². The Morgan fingerprint density at radius 2 is 1.86 bits per heavy atom. The van der Waals surface area contributed by atoms with Crippen molar-refractivity contribution in [1.82, 2.24) is 4.98 Å². The molecular formula is C11H5BrClN3O5. The highest BCUT2D eigenvalue weighted by Gasteiger charge is 2.24. The van der Waals surface area contributed by atoms with Crippen molar-refractivity contribution in [2.45, 2.75) is 0 Å². The van der Waals surface area contributed by atoms with Crippen molar-refractivity contribution >= 4 is 38.9 Å².